The summed E-state index contributed by atoms with van der Waals surface area (Å²) in [6.45, 7) is 5.92. The second-order valence-electron chi connectivity index (χ2n) is 6.10. The summed E-state index contributed by atoms with van der Waals surface area (Å²) in [5, 5.41) is 8.93. The number of rotatable bonds is 6. The van der Waals surface area contributed by atoms with Crippen LogP contribution in [0.4, 0.5) is 4.39 Å². The largest absolute Gasteiger partial charge is 0.410 e. The van der Waals surface area contributed by atoms with Gasteiger partial charge in [-0.3, -0.25) is 4.79 Å². The number of hydrogen-bond acceptors (Lipinski definition) is 7. The van der Waals surface area contributed by atoms with Crippen molar-refractivity contribution in [3.8, 4) is 10.8 Å². The molecule has 1 amide bonds. The minimum atomic E-state index is -0.416. The molecule has 9 heteroatoms. The van der Waals surface area contributed by atoms with Gasteiger partial charge in [0.2, 0.25) is 5.91 Å². The molecule has 0 aliphatic heterocycles. The SMILES string of the molecule is Cc1nc(C)c(-c2nnc(SC(C)C(=O)N(C)Cc3cccc(F)c3)o2)s1. The molecule has 0 aliphatic rings. The maximum absolute atomic E-state index is 13.3. The Labute approximate surface area is 164 Å². The fourth-order valence-corrected chi connectivity index (χ4v) is 4.22. The summed E-state index contributed by atoms with van der Waals surface area (Å²) >= 11 is 2.69. The van der Waals surface area contributed by atoms with E-state index in [2.05, 4.69) is 15.2 Å². The van der Waals surface area contributed by atoms with Gasteiger partial charge in [-0.15, -0.1) is 21.5 Å². The highest BCUT2D eigenvalue weighted by Gasteiger charge is 2.23. The molecule has 0 saturated carbocycles. The Bertz CT molecular complexity index is 956. The summed E-state index contributed by atoms with van der Waals surface area (Å²) in [6.07, 6.45) is 0. The highest BCUT2D eigenvalue weighted by atomic mass is 32.2. The molecule has 2 aromatic heterocycles. The first-order valence-electron chi connectivity index (χ1n) is 8.27. The lowest BCUT2D eigenvalue weighted by molar-refractivity contribution is -0.129. The molecular weight excluding hydrogens is 387 g/mol. The van der Waals surface area contributed by atoms with Crippen molar-refractivity contribution >= 4 is 29.0 Å². The third-order valence-corrected chi connectivity index (χ3v) is 5.80. The van der Waals surface area contributed by atoms with Gasteiger partial charge in [-0.05, 0) is 38.5 Å². The minimum Gasteiger partial charge on any atom is -0.410 e. The van der Waals surface area contributed by atoms with E-state index in [0.29, 0.717) is 17.7 Å². The van der Waals surface area contributed by atoms with E-state index in [9.17, 15) is 9.18 Å². The molecule has 6 nitrogen and oxygen atoms in total. The van der Waals surface area contributed by atoms with Crippen molar-refractivity contribution in [3.05, 3.63) is 46.3 Å². The number of benzene rings is 1. The third-order valence-electron chi connectivity index (χ3n) is 3.81. The summed E-state index contributed by atoms with van der Waals surface area (Å²) in [4.78, 5) is 19.3. The minimum absolute atomic E-state index is 0.103. The average molecular weight is 407 g/mol. The van der Waals surface area contributed by atoms with Gasteiger partial charge in [0, 0.05) is 13.6 Å². The molecule has 27 heavy (non-hydrogen) atoms. The van der Waals surface area contributed by atoms with E-state index in [4.69, 9.17) is 4.42 Å². The number of aryl methyl sites for hydroxylation is 2. The second-order valence-corrected chi connectivity index (χ2v) is 8.60. The van der Waals surface area contributed by atoms with Crippen LogP contribution in [0.2, 0.25) is 0 Å². The predicted molar refractivity (Wildman–Crippen MR) is 103 cm³/mol. The van der Waals surface area contributed by atoms with Crippen molar-refractivity contribution in [1.82, 2.24) is 20.1 Å². The zero-order chi connectivity index (χ0) is 19.6. The molecule has 1 aromatic carbocycles. The molecule has 1 atom stereocenters. The van der Waals surface area contributed by atoms with Gasteiger partial charge in [-0.1, -0.05) is 23.9 Å². The van der Waals surface area contributed by atoms with E-state index in [1.54, 1.807) is 31.0 Å². The fraction of sp³-hybridized carbons (Fsp3) is 0.333. The second kappa shape index (κ2) is 8.18. The number of aromatic nitrogens is 3. The summed E-state index contributed by atoms with van der Waals surface area (Å²) in [7, 11) is 1.69. The quantitative estimate of drug-likeness (QED) is 0.574. The third kappa shape index (κ3) is 4.72. The Morgan fingerprint density at radius 3 is 2.81 bits per heavy atom. The molecule has 3 rings (SSSR count). The van der Waals surface area contributed by atoms with Crippen LogP contribution >= 0.6 is 23.1 Å². The summed E-state index contributed by atoms with van der Waals surface area (Å²) in [5.74, 6) is -0.00931. The van der Waals surface area contributed by atoms with Crippen LogP contribution < -0.4 is 0 Å². The highest BCUT2D eigenvalue weighted by Crippen LogP contribution is 2.31. The van der Waals surface area contributed by atoms with Crippen molar-refractivity contribution in [3.63, 3.8) is 0 Å². The standard InChI is InChI=1S/C18H19FN4O2S2/c1-10-15(27-12(3)20-10)16-21-22-18(25-16)26-11(2)17(24)23(4)9-13-6-5-7-14(19)8-13/h5-8,11H,9H2,1-4H3. The first-order chi connectivity index (χ1) is 12.8. The fourth-order valence-electron chi connectivity index (χ4n) is 2.58. The van der Waals surface area contributed by atoms with Crippen LogP contribution in [0.3, 0.4) is 0 Å². The molecule has 0 radical (unpaired) electrons. The molecule has 0 spiro atoms. The smallest absolute Gasteiger partial charge is 0.277 e. The monoisotopic (exact) mass is 406 g/mol. The van der Waals surface area contributed by atoms with E-state index in [-0.39, 0.29) is 11.7 Å². The van der Waals surface area contributed by atoms with Gasteiger partial charge in [0.15, 0.2) is 0 Å². The number of carbonyl (C=O) groups is 1. The molecule has 2 heterocycles. The summed E-state index contributed by atoms with van der Waals surface area (Å²) < 4.78 is 19.0. The number of thioether (sulfide) groups is 1. The molecule has 0 fully saturated rings. The first kappa shape index (κ1) is 19.5. The van der Waals surface area contributed by atoms with E-state index in [1.165, 1.54) is 35.2 Å². The number of thiazole rings is 1. The number of carbonyl (C=O) groups excluding carboxylic acids is 1. The lowest BCUT2D eigenvalue weighted by atomic mass is 10.2. The lowest BCUT2D eigenvalue weighted by Gasteiger charge is -2.20. The number of hydrogen-bond donors (Lipinski definition) is 0. The normalized spacial score (nSPS) is 12.2. The van der Waals surface area contributed by atoms with E-state index < -0.39 is 5.25 Å². The number of nitrogens with zero attached hydrogens (tertiary/aromatic N) is 4. The van der Waals surface area contributed by atoms with Crippen molar-refractivity contribution in [1.29, 1.82) is 0 Å². The summed E-state index contributed by atoms with van der Waals surface area (Å²) in [6, 6.07) is 6.22. The van der Waals surface area contributed by atoms with Crippen molar-refractivity contribution < 1.29 is 13.6 Å². The van der Waals surface area contributed by atoms with Gasteiger partial charge in [0.05, 0.1) is 16.0 Å². The average Bonchev–Trinajstić information content (AvgIpc) is 3.19. The van der Waals surface area contributed by atoms with Crippen LogP contribution in [-0.2, 0) is 11.3 Å². The van der Waals surface area contributed by atoms with E-state index in [1.807, 2.05) is 13.8 Å². The molecule has 142 valence electrons. The van der Waals surface area contributed by atoms with Crippen LogP contribution in [0, 0.1) is 19.7 Å². The Morgan fingerprint density at radius 2 is 2.15 bits per heavy atom. The Hall–Kier alpha value is -2.26. The van der Waals surface area contributed by atoms with E-state index in [0.717, 1.165) is 21.1 Å². The van der Waals surface area contributed by atoms with Gasteiger partial charge in [-0.25, -0.2) is 9.37 Å². The topological polar surface area (TPSA) is 72.1 Å². The Balaban J connectivity index is 1.63. The maximum atomic E-state index is 13.3. The predicted octanol–water partition coefficient (Wildman–Crippen LogP) is 4.09. The van der Waals surface area contributed by atoms with Crippen LogP contribution in [0.5, 0.6) is 0 Å². The van der Waals surface area contributed by atoms with Crippen LogP contribution in [0.25, 0.3) is 10.8 Å². The molecule has 3 aromatic rings. The van der Waals surface area contributed by atoms with Gasteiger partial charge >= 0.3 is 0 Å². The Kier molecular flexibility index (Phi) is 5.91. The molecular formula is C18H19FN4O2S2. The van der Waals surface area contributed by atoms with E-state index >= 15 is 0 Å². The van der Waals surface area contributed by atoms with Gasteiger partial charge < -0.3 is 9.32 Å². The van der Waals surface area contributed by atoms with Crippen molar-refractivity contribution in [2.75, 3.05) is 7.05 Å². The van der Waals surface area contributed by atoms with Crippen molar-refractivity contribution in [2.24, 2.45) is 0 Å². The first-order valence-corrected chi connectivity index (χ1v) is 9.97. The molecule has 0 N–H and O–H groups in total. The zero-order valence-corrected chi connectivity index (χ0v) is 17.0. The van der Waals surface area contributed by atoms with Crippen LogP contribution in [-0.4, -0.2) is 38.3 Å². The Morgan fingerprint density at radius 1 is 1.37 bits per heavy atom. The molecule has 1 unspecified atom stereocenters. The summed E-state index contributed by atoms with van der Waals surface area (Å²) in [5.41, 5.74) is 1.58. The van der Waals surface area contributed by atoms with Crippen LogP contribution in [0.15, 0.2) is 33.9 Å². The van der Waals surface area contributed by atoms with Crippen molar-refractivity contribution in [2.45, 2.75) is 37.8 Å². The number of amides is 1. The van der Waals surface area contributed by atoms with Gasteiger partial charge in [0.25, 0.3) is 11.1 Å². The zero-order valence-electron chi connectivity index (χ0n) is 15.4. The molecule has 0 bridgehead atoms. The van der Waals surface area contributed by atoms with Gasteiger partial charge in [0.1, 0.15) is 10.7 Å². The molecule has 0 aliphatic carbocycles. The van der Waals surface area contributed by atoms with Gasteiger partial charge in [-0.2, -0.15) is 0 Å². The van der Waals surface area contributed by atoms with Crippen LogP contribution in [0.1, 0.15) is 23.2 Å². The maximum Gasteiger partial charge on any atom is 0.277 e. The molecule has 0 saturated heterocycles. The highest BCUT2D eigenvalue weighted by molar-refractivity contribution is 8.00. The number of halogens is 1. The lowest BCUT2D eigenvalue weighted by Crippen LogP contribution is -2.32.